The fraction of sp³-hybridized carbons (Fsp3) is 0.348. The number of primary amides is 1. The molecule has 6 nitrogen and oxygen atoms in total. The van der Waals surface area contributed by atoms with E-state index in [9.17, 15) is 27.2 Å². The molecule has 11 heteroatoms. The number of amides is 1. The zero-order chi connectivity index (χ0) is 25.2. The number of nitrogens with two attached hydrogens (primary N) is 1. The number of rotatable bonds is 3. The number of carbonyl (C=O) groups excluding carboxylic acids is 1. The number of nitrogens with zero attached hydrogens (tertiary/aromatic N) is 1. The Balaban J connectivity index is 1.96. The maximum atomic E-state index is 14.1. The highest BCUT2D eigenvalue weighted by molar-refractivity contribution is 6.31. The molecule has 1 amide bonds. The Morgan fingerprint density at radius 3 is 2.59 bits per heavy atom. The number of carbonyl (C=O) groups is 1. The predicted octanol–water partition coefficient (Wildman–Crippen LogP) is 4.94. The van der Waals surface area contributed by atoms with E-state index in [0.29, 0.717) is 5.56 Å². The molecule has 0 saturated carbocycles. The van der Waals surface area contributed by atoms with Crippen LogP contribution in [0, 0.1) is 18.7 Å². The first-order chi connectivity index (χ1) is 15.8. The van der Waals surface area contributed by atoms with Crippen LogP contribution in [0.1, 0.15) is 53.2 Å². The molecule has 4 atom stereocenters. The maximum absolute atomic E-state index is 14.1. The van der Waals surface area contributed by atoms with Crippen molar-refractivity contribution in [3.63, 3.8) is 0 Å². The van der Waals surface area contributed by atoms with Crippen LogP contribution in [0.2, 0.25) is 5.02 Å². The van der Waals surface area contributed by atoms with Crippen LogP contribution >= 0.6 is 11.6 Å². The van der Waals surface area contributed by atoms with Crippen LogP contribution in [-0.2, 0) is 4.74 Å². The molecule has 0 aliphatic carbocycles. The number of nitrogens with one attached hydrogen (secondary N) is 1. The van der Waals surface area contributed by atoms with E-state index in [0.717, 1.165) is 19.1 Å². The van der Waals surface area contributed by atoms with Gasteiger partial charge in [0.05, 0.1) is 15.9 Å². The zero-order valence-electron chi connectivity index (χ0n) is 18.3. The topological polar surface area (TPSA) is 98.1 Å². The second kappa shape index (κ2) is 8.06. The Kier molecular flexibility index (Phi) is 5.72. The van der Waals surface area contributed by atoms with Gasteiger partial charge in [-0.15, -0.1) is 0 Å². The number of aromatic nitrogens is 2. The number of aromatic amines is 1. The normalized spacial score (nSPS) is 25.1. The van der Waals surface area contributed by atoms with Gasteiger partial charge in [0.25, 0.3) is 5.91 Å². The summed E-state index contributed by atoms with van der Waals surface area (Å²) in [6, 6.07) is 4.95. The molecular weight excluding hydrogens is 478 g/mol. The Morgan fingerprint density at radius 1 is 1.29 bits per heavy atom. The Morgan fingerprint density at radius 2 is 1.97 bits per heavy atom. The molecule has 0 bridgehead atoms. The lowest BCUT2D eigenvalue weighted by Gasteiger charge is -2.32. The van der Waals surface area contributed by atoms with Crippen LogP contribution in [-0.4, -0.2) is 27.7 Å². The minimum Gasteiger partial charge on any atom is -0.364 e. The summed E-state index contributed by atoms with van der Waals surface area (Å²) in [6.07, 6.45) is -4.75. The van der Waals surface area contributed by atoms with Crippen molar-refractivity contribution in [1.29, 1.82) is 0 Å². The van der Waals surface area contributed by atoms with E-state index in [1.165, 1.54) is 32.2 Å². The first kappa shape index (κ1) is 24.2. The molecule has 0 radical (unpaired) electrons. The molecule has 0 unspecified atom stereocenters. The van der Waals surface area contributed by atoms with Crippen LogP contribution in [0.25, 0.3) is 10.9 Å². The molecule has 4 rings (SSSR count). The lowest BCUT2D eigenvalue weighted by molar-refractivity contribution is -0.275. The molecular formula is C23H20ClF4N3O3. The van der Waals surface area contributed by atoms with Crippen LogP contribution in [0.3, 0.4) is 0 Å². The van der Waals surface area contributed by atoms with Crippen molar-refractivity contribution >= 4 is 28.4 Å². The molecule has 1 aliphatic heterocycles. The molecule has 180 valence electrons. The summed E-state index contributed by atoms with van der Waals surface area (Å²) in [5, 5.41) is -0.283. The van der Waals surface area contributed by atoms with Crippen molar-refractivity contribution < 1.29 is 27.1 Å². The van der Waals surface area contributed by atoms with Crippen LogP contribution in [0.5, 0.6) is 0 Å². The van der Waals surface area contributed by atoms with Crippen LogP contribution < -0.4 is 11.2 Å². The Hall–Kier alpha value is -2.98. The van der Waals surface area contributed by atoms with Crippen molar-refractivity contribution in [2.75, 3.05) is 0 Å². The van der Waals surface area contributed by atoms with E-state index in [-0.39, 0.29) is 32.9 Å². The summed E-state index contributed by atoms with van der Waals surface area (Å²) < 4.78 is 62.1. The number of alkyl halides is 3. The highest BCUT2D eigenvalue weighted by Gasteiger charge is 2.64. The van der Waals surface area contributed by atoms with Gasteiger partial charge in [-0.2, -0.15) is 13.2 Å². The van der Waals surface area contributed by atoms with E-state index >= 15 is 0 Å². The molecule has 1 saturated heterocycles. The number of benzene rings is 1. The number of H-pyrrole nitrogens is 1. The van der Waals surface area contributed by atoms with E-state index in [1.807, 2.05) is 0 Å². The fourth-order valence-electron chi connectivity index (χ4n) is 4.65. The number of hydrogen-bond donors (Lipinski definition) is 2. The van der Waals surface area contributed by atoms with Crippen molar-refractivity contribution in [3.05, 3.63) is 74.0 Å². The average molecular weight is 498 g/mol. The van der Waals surface area contributed by atoms with Gasteiger partial charge in [0.1, 0.15) is 17.6 Å². The molecule has 3 N–H and O–H groups in total. The quantitative estimate of drug-likeness (QED) is 0.501. The SMILES string of the molecule is Cc1c([C@@H]2[C@@H](c3cc(=O)c4c(C(N)=O)nccc4[nH]3)O[C@](C)(C(F)(F)F)[C@@H]2C)ccc(F)c1Cl. The number of pyridine rings is 2. The standard InChI is InChI=1S/C23H20ClF4N3O3/c1-9-11(4-5-12(25)18(9)24)16-10(2)22(3,23(26,27)28)34-20(16)14-8-15(32)17-13(31-14)6-7-30-19(17)21(29)33/h4-8,10,16,20H,1-3H3,(H2,29,33)(H,31,32)/t10-,16-,20-,22+/m1/s1. The molecule has 3 heterocycles. The molecule has 0 spiro atoms. The first-order valence-corrected chi connectivity index (χ1v) is 10.7. The third kappa shape index (κ3) is 3.56. The van der Waals surface area contributed by atoms with Gasteiger partial charge in [-0.25, -0.2) is 4.39 Å². The lowest BCUT2D eigenvalue weighted by Crippen LogP contribution is -2.46. The monoisotopic (exact) mass is 497 g/mol. The maximum Gasteiger partial charge on any atom is 0.417 e. The Bertz CT molecular complexity index is 1370. The summed E-state index contributed by atoms with van der Waals surface area (Å²) >= 11 is 6.07. The number of fused-ring (bicyclic) bond motifs is 1. The molecule has 1 aromatic carbocycles. The minimum absolute atomic E-state index is 0.0591. The minimum atomic E-state index is -4.74. The van der Waals surface area contributed by atoms with Gasteiger partial charge in [0.15, 0.2) is 11.0 Å². The summed E-state index contributed by atoms with van der Waals surface area (Å²) in [7, 11) is 0. The van der Waals surface area contributed by atoms with Gasteiger partial charge in [-0.05, 0) is 37.1 Å². The van der Waals surface area contributed by atoms with Gasteiger partial charge >= 0.3 is 6.18 Å². The second-order valence-corrected chi connectivity index (χ2v) is 8.95. The second-order valence-electron chi connectivity index (χ2n) is 8.57. The summed E-state index contributed by atoms with van der Waals surface area (Å²) in [5.74, 6) is -3.69. The summed E-state index contributed by atoms with van der Waals surface area (Å²) in [5.41, 5.74) is 2.68. The summed E-state index contributed by atoms with van der Waals surface area (Å²) in [6.45, 7) is 3.85. The fourth-order valence-corrected chi connectivity index (χ4v) is 4.82. The van der Waals surface area contributed by atoms with Crippen molar-refractivity contribution in [3.8, 4) is 0 Å². The average Bonchev–Trinajstić information content (AvgIpc) is 3.03. The van der Waals surface area contributed by atoms with Crippen molar-refractivity contribution in [1.82, 2.24) is 9.97 Å². The molecule has 2 aromatic heterocycles. The number of halogens is 5. The highest BCUT2D eigenvalue weighted by atomic mass is 35.5. The zero-order valence-corrected chi connectivity index (χ0v) is 19.0. The molecule has 34 heavy (non-hydrogen) atoms. The first-order valence-electron chi connectivity index (χ1n) is 10.3. The van der Waals surface area contributed by atoms with Gasteiger partial charge in [-0.1, -0.05) is 24.6 Å². The molecule has 3 aromatic rings. The highest BCUT2D eigenvalue weighted by Crippen LogP contribution is 2.58. The van der Waals surface area contributed by atoms with E-state index in [4.69, 9.17) is 22.1 Å². The lowest BCUT2D eigenvalue weighted by atomic mass is 9.75. The largest absolute Gasteiger partial charge is 0.417 e. The van der Waals surface area contributed by atoms with Crippen molar-refractivity contribution in [2.45, 2.75) is 44.6 Å². The Labute approximate surface area is 196 Å². The van der Waals surface area contributed by atoms with Crippen LogP contribution in [0.15, 0.2) is 35.3 Å². The van der Waals surface area contributed by atoms with Gasteiger partial charge in [0.2, 0.25) is 0 Å². The van der Waals surface area contributed by atoms with E-state index < -0.39 is 46.9 Å². The smallest absolute Gasteiger partial charge is 0.364 e. The third-order valence-corrected chi connectivity index (χ3v) is 7.18. The van der Waals surface area contributed by atoms with E-state index in [1.54, 1.807) is 0 Å². The third-order valence-electron chi connectivity index (χ3n) is 6.71. The van der Waals surface area contributed by atoms with E-state index in [2.05, 4.69) is 9.97 Å². The van der Waals surface area contributed by atoms with Crippen LogP contribution in [0.4, 0.5) is 17.6 Å². The molecule has 1 aliphatic rings. The predicted molar refractivity (Wildman–Crippen MR) is 117 cm³/mol. The van der Waals surface area contributed by atoms with Gasteiger partial charge in [0, 0.05) is 29.8 Å². The molecule has 1 fully saturated rings. The van der Waals surface area contributed by atoms with Gasteiger partial charge in [-0.3, -0.25) is 14.6 Å². The number of ether oxygens (including phenoxy) is 1. The number of hydrogen-bond acceptors (Lipinski definition) is 4. The summed E-state index contributed by atoms with van der Waals surface area (Å²) in [4.78, 5) is 31.4. The van der Waals surface area contributed by atoms with Crippen molar-refractivity contribution in [2.24, 2.45) is 11.7 Å². The van der Waals surface area contributed by atoms with Gasteiger partial charge < -0.3 is 15.5 Å².